The van der Waals surface area contributed by atoms with Crippen LogP contribution < -0.4 is 5.32 Å². The van der Waals surface area contributed by atoms with Gasteiger partial charge in [0, 0.05) is 18.0 Å². The Bertz CT molecular complexity index is 301. The van der Waals surface area contributed by atoms with E-state index in [4.69, 9.17) is 0 Å². The third kappa shape index (κ3) is 2.15. The number of fused-ring (bicyclic) bond motifs is 1. The number of anilines is 1. The quantitative estimate of drug-likeness (QED) is 0.686. The Labute approximate surface area is 81.7 Å². The summed E-state index contributed by atoms with van der Waals surface area (Å²) < 4.78 is 12.9. The van der Waals surface area contributed by atoms with Gasteiger partial charge in [-0.2, -0.15) is 11.8 Å². The van der Waals surface area contributed by atoms with Gasteiger partial charge in [0.25, 0.3) is 0 Å². The molecule has 0 saturated carbocycles. The van der Waals surface area contributed by atoms with Gasteiger partial charge < -0.3 is 5.32 Å². The third-order valence-electron chi connectivity index (χ3n) is 2.11. The molecule has 0 amide bonds. The lowest BCUT2D eigenvalue weighted by atomic mass is 10.2. The highest BCUT2D eigenvalue weighted by Crippen LogP contribution is 2.24. The van der Waals surface area contributed by atoms with Crippen molar-refractivity contribution in [2.75, 3.05) is 17.6 Å². The van der Waals surface area contributed by atoms with E-state index < -0.39 is 0 Å². The number of rotatable bonds is 0. The largest absolute Gasteiger partial charge is 0.385 e. The van der Waals surface area contributed by atoms with Crippen LogP contribution in [0.2, 0.25) is 0 Å². The van der Waals surface area contributed by atoms with Gasteiger partial charge in [-0.3, -0.25) is 0 Å². The Balaban J connectivity index is 2.28. The first kappa shape index (κ1) is 8.88. The van der Waals surface area contributed by atoms with Gasteiger partial charge in [0.15, 0.2) is 0 Å². The third-order valence-corrected chi connectivity index (χ3v) is 3.20. The number of hydrogen-bond donors (Lipinski definition) is 1. The number of thioether (sulfide) groups is 1. The van der Waals surface area contributed by atoms with E-state index in [0.29, 0.717) is 0 Å². The summed E-state index contributed by atoms with van der Waals surface area (Å²) in [6.45, 7) is 0.992. The normalized spacial score (nSPS) is 16.7. The molecule has 0 fully saturated rings. The van der Waals surface area contributed by atoms with E-state index in [2.05, 4.69) is 5.32 Å². The highest BCUT2D eigenvalue weighted by molar-refractivity contribution is 7.98. The summed E-state index contributed by atoms with van der Waals surface area (Å²) in [6, 6.07) is 4.97. The molecule has 0 aliphatic carbocycles. The van der Waals surface area contributed by atoms with Crippen LogP contribution in [-0.2, 0) is 5.75 Å². The summed E-state index contributed by atoms with van der Waals surface area (Å²) in [7, 11) is 0. The van der Waals surface area contributed by atoms with Crippen molar-refractivity contribution in [2.45, 2.75) is 12.2 Å². The zero-order valence-electron chi connectivity index (χ0n) is 7.35. The standard InChI is InChI=1S/C10H12FNS/c11-9-2-3-10-8(6-9)7-13-5-1-4-12-10/h2-3,6,12H,1,4-5,7H2. The van der Waals surface area contributed by atoms with Crippen LogP contribution in [0.15, 0.2) is 18.2 Å². The second-order valence-corrected chi connectivity index (χ2v) is 4.24. The molecule has 0 radical (unpaired) electrons. The van der Waals surface area contributed by atoms with Crippen LogP contribution in [0.5, 0.6) is 0 Å². The first-order chi connectivity index (χ1) is 6.36. The van der Waals surface area contributed by atoms with Crippen LogP contribution in [0.3, 0.4) is 0 Å². The molecule has 1 aromatic carbocycles. The summed E-state index contributed by atoms with van der Waals surface area (Å²) in [5.41, 5.74) is 2.18. The van der Waals surface area contributed by atoms with E-state index in [1.807, 2.05) is 17.8 Å². The van der Waals surface area contributed by atoms with E-state index in [1.54, 1.807) is 6.07 Å². The average molecular weight is 197 g/mol. The maximum Gasteiger partial charge on any atom is 0.123 e. The van der Waals surface area contributed by atoms with Gasteiger partial charge in [0.1, 0.15) is 5.82 Å². The highest BCUT2D eigenvalue weighted by Gasteiger charge is 2.06. The topological polar surface area (TPSA) is 12.0 Å². The maximum atomic E-state index is 12.9. The zero-order chi connectivity index (χ0) is 9.10. The molecule has 0 aromatic heterocycles. The first-order valence-electron chi connectivity index (χ1n) is 4.46. The summed E-state index contributed by atoms with van der Waals surface area (Å²) in [6.07, 6.45) is 1.18. The monoisotopic (exact) mass is 197 g/mol. The smallest absolute Gasteiger partial charge is 0.123 e. The van der Waals surface area contributed by atoms with E-state index in [0.717, 1.165) is 29.3 Å². The van der Waals surface area contributed by atoms with Crippen molar-refractivity contribution in [3.05, 3.63) is 29.6 Å². The van der Waals surface area contributed by atoms with E-state index in [1.165, 1.54) is 12.5 Å². The lowest BCUT2D eigenvalue weighted by Gasteiger charge is -2.15. The highest BCUT2D eigenvalue weighted by atomic mass is 32.2. The molecule has 0 saturated heterocycles. The fourth-order valence-corrected chi connectivity index (χ4v) is 2.39. The minimum Gasteiger partial charge on any atom is -0.385 e. The molecule has 0 spiro atoms. The summed E-state index contributed by atoms with van der Waals surface area (Å²) >= 11 is 1.87. The van der Waals surface area contributed by atoms with Crippen molar-refractivity contribution in [1.82, 2.24) is 0 Å². The molecule has 0 unspecified atom stereocenters. The maximum absolute atomic E-state index is 12.9. The number of hydrogen-bond acceptors (Lipinski definition) is 2. The second-order valence-electron chi connectivity index (χ2n) is 3.13. The number of halogens is 1. The van der Waals surface area contributed by atoms with Gasteiger partial charge in [0.05, 0.1) is 0 Å². The van der Waals surface area contributed by atoms with Crippen LogP contribution in [0.4, 0.5) is 10.1 Å². The molecule has 0 atom stereocenters. The molecule has 0 bridgehead atoms. The molecule has 1 N–H and O–H groups in total. The fraction of sp³-hybridized carbons (Fsp3) is 0.400. The van der Waals surface area contributed by atoms with Crippen molar-refractivity contribution in [1.29, 1.82) is 0 Å². The van der Waals surface area contributed by atoms with Crippen molar-refractivity contribution >= 4 is 17.4 Å². The minimum absolute atomic E-state index is 0.137. The summed E-state index contributed by atoms with van der Waals surface area (Å²) in [5, 5.41) is 3.31. The Kier molecular flexibility index (Phi) is 2.74. The molecule has 13 heavy (non-hydrogen) atoms. The van der Waals surface area contributed by atoms with Crippen LogP contribution in [0.1, 0.15) is 12.0 Å². The van der Waals surface area contributed by atoms with E-state index >= 15 is 0 Å². The van der Waals surface area contributed by atoms with Gasteiger partial charge in [-0.15, -0.1) is 0 Å². The average Bonchev–Trinajstić information content (AvgIpc) is 2.08. The molecule has 1 aliphatic rings. The molecule has 70 valence electrons. The Hall–Kier alpha value is -0.700. The lowest BCUT2D eigenvalue weighted by Crippen LogP contribution is -2.07. The lowest BCUT2D eigenvalue weighted by molar-refractivity contribution is 0.626. The zero-order valence-corrected chi connectivity index (χ0v) is 8.16. The van der Waals surface area contributed by atoms with Gasteiger partial charge in [-0.25, -0.2) is 4.39 Å². The molecule has 1 nitrogen and oxygen atoms in total. The number of benzene rings is 1. The van der Waals surface area contributed by atoms with Crippen LogP contribution in [-0.4, -0.2) is 12.3 Å². The Morgan fingerprint density at radius 1 is 1.38 bits per heavy atom. The van der Waals surface area contributed by atoms with Crippen molar-refractivity contribution in [3.63, 3.8) is 0 Å². The second kappa shape index (κ2) is 4.01. The van der Waals surface area contributed by atoms with Crippen LogP contribution >= 0.6 is 11.8 Å². The molecule has 3 heteroatoms. The molecule has 1 aromatic rings. The molecular formula is C10H12FNS. The SMILES string of the molecule is Fc1ccc2c(c1)CSCCCN2. The fourth-order valence-electron chi connectivity index (χ4n) is 1.43. The number of nitrogens with one attached hydrogen (secondary N) is 1. The van der Waals surface area contributed by atoms with E-state index in [9.17, 15) is 4.39 Å². The van der Waals surface area contributed by atoms with E-state index in [-0.39, 0.29) is 5.82 Å². The summed E-state index contributed by atoms with van der Waals surface area (Å²) in [5.74, 6) is 1.94. The van der Waals surface area contributed by atoms with Gasteiger partial charge in [-0.1, -0.05) is 0 Å². The van der Waals surface area contributed by atoms with Gasteiger partial charge in [0.2, 0.25) is 0 Å². The molecule has 1 heterocycles. The molecule has 2 rings (SSSR count). The van der Waals surface area contributed by atoms with Gasteiger partial charge >= 0.3 is 0 Å². The predicted molar refractivity (Wildman–Crippen MR) is 55.7 cm³/mol. The Morgan fingerprint density at radius 2 is 2.31 bits per heavy atom. The van der Waals surface area contributed by atoms with Crippen molar-refractivity contribution in [3.8, 4) is 0 Å². The first-order valence-corrected chi connectivity index (χ1v) is 5.62. The van der Waals surface area contributed by atoms with Crippen LogP contribution in [0.25, 0.3) is 0 Å². The van der Waals surface area contributed by atoms with Crippen molar-refractivity contribution in [2.24, 2.45) is 0 Å². The predicted octanol–water partition coefficient (Wildman–Crippen LogP) is 2.87. The summed E-state index contributed by atoms with van der Waals surface area (Å²) in [4.78, 5) is 0. The van der Waals surface area contributed by atoms with Gasteiger partial charge in [-0.05, 0) is 35.9 Å². The Morgan fingerprint density at radius 3 is 3.23 bits per heavy atom. The molecule has 1 aliphatic heterocycles. The van der Waals surface area contributed by atoms with Crippen LogP contribution in [0, 0.1) is 5.82 Å². The van der Waals surface area contributed by atoms with Crippen molar-refractivity contribution < 1.29 is 4.39 Å². The minimum atomic E-state index is -0.137. The molecular weight excluding hydrogens is 185 g/mol.